The zero-order chi connectivity index (χ0) is 13.8. The molecule has 0 aromatic carbocycles. The molecule has 0 bridgehead atoms. The highest BCUT2D eigenvalue weighted by Gasteiger charge is 2.44. The van der Waals surface area contributed by atoms with E-state index in [-0.39, 0.29) is 0 Å². The fourth-order valence-electron chi connectivity index (χ4n) is 1.22. The van der Waals surface area contributed by atoms with Crippen LogP contribution in [0.15, 0.2) is 0 Å². The summed E-state index contributed by atoms with van der Waals surface area (Å²) in [6.07, 6.45) is -4.64. The number of carboxylic acids is 1. The standard InChI is InChI=1S/C10H16F3NO3/c1-4-7(3)14(5-6(2)8(15)16)9(17)10(11,12)13/h6-7H,4-5H2,1-3H3,(H,15,16). The molecule has 0 heterocycles. The van der Waals surface area contributed by atoms with Crippen molar-refractivity contribution < 1.29 is 27.9 Å². The zero-order valence-electron chi connectivity index (χ0n) is 9.91. The van der Waals surface area contributed by atoms with Gasteiger partial charge in [0.1, 0.15) is 0 Å². The number of aliphatic carboxylic acids is 1. The van der Waals surface area contributed by atoms with Crippen molar-refractivity contribution in [2.24, 2.45) is 5.92 Å². The second-order valence-electron chi connectivity index (χ2n) is 3.95. The Balaban J connectivity index is 4.90. The number of rotatable bonds is 5. The summed E-state index contributed by atoms with van der Waals surface area (Å²) in [4.78, 5) is 22.3. The van der Waals surface area contributed by atoms with E-state index in [1.165, 1.54) is 13.8 Å². The monoisotopic (exact) mass is 255 g/mol. The van der Waals surface area contributed by atoms with Crippen molar-refractivity contribution in [2.75, 3.05) is 6.54 Å². The van der Waals surface area contributed by atoms with Crippen LogP contribution in [0.25, 0.3) is 0 Å². The normalized spacial score (nSPS) is 15.2. The van der Waals surface area contributed by atoms with E-state index in [9.17, 15) is 22.8 Å². The van der Waals surface area contributed by atoms with Crippen LogP contribution in [0.5, 0.6) is 0 Å². The molecule has 0 radical (unpaired) electrons. The van der Waals surface area contributed by atoms with Gasteiger partial charge in [0.05, 0.1) is 5.92 Å². The van der Waals surface area contributed by atoms with Crippen LogP contribution in [0.3, 0.4) is 0 Å². The maximum Gasteiger partial charge on any atom is 0.471 e. The van der Waals surface area contributed by atoms with Gasteiger partial charge in [-0.05, 0) is 13.3 Å². The minimum atomic E-state index is -4.97. The van der Waals surface area contributed by atoms with Crippen LogP contribution in [0, 0.1) is 5.92 Å². The molecule has 4 nitrogen and oxygen atoms in total. The van der Waals surface area contributed by atoms with E-state index in [2.05, 4.69) is 0 Å². The Bertz CT molecular complexity index is 291. The van der Waals surface area contributed by atoms with E-state index in [0.29, 0.717) is 11.3 Å². The summed E-state index contributed by atoms with van der Waals surface area (Å²) < 4.78 is 36.9. The number of amides is 1. The molecule has 0 aromatic heterocycles. The summed E-state index contributed by atoms with van der Waals surface area (Å²) in [7, 11) is 0. The average molecular weight is 255 g/mol. The van der Waals surface area contributed by atoms with Crippen molar-refractivity contribution in [2.45, 2.75) is 39.4 Å². The van der Waals surface area contributed by atoms with E-state index in [4.69, 9.17) is 5.11 Å². The molecule has 100 valence electrons. The number of carbonyl (C=O) groups excluding carboxylic acids is 1. The van der Waals surface area contributed by atoms with Gasteiger partial charge in [0.15, 0.2) is 0 Å². The third kappa shape index (κ3) is 4.62. The molecule has 0 spiro atoms. The topological polar surface area (TPSA) is 57.6 Å². The molecule has 1 N–H and O–H groups in total. The van der Waals surface area contributed by atoms with Gasteiger partial charge in [-0.2, -0.15) is 13.2 Å². The van der Waals surface area contributed by atoms with Gasteiger partial charge in [-0.25, -0.2) is 0 Å². The number of alkyl halides is 3. The maximum absolute atomic E-state index is 12.3. The van der Waals surface area contributed by atoms with Crippen LogP contribution in [-0.4, -0.2) is 40.6 Å². The largest absolute Gasteiger partial charge is 0.481 e. The molecule has 7 heteroatoms. The molecule has 0 aliphatic rings. The molecule has 0 aliphatic heterocycles. The van der Waals surface area contributed by atoms with Gasteiger partial charge in [0.2, 0.25) is 0 Å². The van der Waals surface area contributed by atoms with Crippen molar-refractivity contribution in [1.29, 1.82) is 0 Å². The first-order valence-electron chi connectivity index (χ1n) is 5.21. The van der Waals surface area contributed by atoms with Gasteiger partial charge < -0.3 is 10.0 Å². The Morgan fingerprint density at radius 2 is 1.76 bits per heavy atom. The fourth-order valence-corrected chi connectivity index (χ4v) is 1.22. The lowest BCUT2D eigenvalue weighted by molar-refractivity contribution is -0.188. The van der Waals surface area contributed by atoms with Crippen LogP contribution in [0.4, 0.5) is 13.2 Å². The summed E-state index contributed by atoms with van der Waals surface area (Å²) in [5.74, 6) is -4.25. The molecule has 0 aromatic rings. The van der Waals surface area contributed by atoms with Crippen molar-refractivity contribution in [3.8, 4) is 0 Å². The molecule has 2 unspecified atom stereocenters. The van der Waals surface area contributed by atoms with Crippen LogP contribution in [0.2, 0.25) is 0 Å². The third-order valence-corrected chi connectivity index (χ3v) is 2.52. The molecule has 0 saturated carbocycles. The Kier molecular flexibility index (Phi) is 5.44. The van der Waals surface area contributed by atoms with Crippen molar-refractivity contribution >= 4 is 11.9 Å². The molecule has 2 atom stereocenters. The number of carbonyl (C=O) groups is 2. The maximum atomic E-state index is 12.3. The van der Waals surface area contributed by atoms with E-state index >= 15 is 0 Å². The average Bonchev–Trinajstić information content (AvgIpc) is 2.21. The number of halogens is 3. The zero-order valence-corrected chi connectivity index (χ0v) is 9.91. The molecule has 0 saturated heterocycles. The van der Waals surface area contributed by atoms with Gasteiger partial charge in [-0.15, -0.1) is 0 Å². The van der Waals surface area contributed by atoms with E-state index < -0.39 is 36.6 Å². The Morgan fingerprint density at radius 3 is 2.06 bits per heavy atom. The van der Waals surface area contributed by atoms with Crippen molar-refractivity contribution in [3.05, 3.63) is 0 Å². The summed E-state index contributed by atoms with van der Waals surface area (Å²) in [6.45, 7) is 3.91. The molecule has 17 heavy (non-hydrogen) atoms. The Morgan fingerprint density at radius 1 is 1.29 bits per heavy atom. The first-order chi connectivity index (χ1) is 7.61. The van der Waals surface area contributed by atoms with E-state index in [1.807, 2.05) is 0 Å². The lowest BCUT2D eigenvalue weighted by Gasteiger charge is -2.30. The minimum Gasteiger partial charge on any atom is -0.481 e. The highest BCUT2D eigenvalue weighted by Crippen LogP contribution is 2.21. The van der Waals surface area contributed by atoms with Gasteiger partial charge in [-0.3, -0.25) is 9.59 Å². The summed E-state index contributed by atoms with van der Waals surface area (Å²) >= 11 is 0. The highest BCUT2D eigenvalue weighted by atomic mass is 19.4. The fraction of sp³-hybridized carbons (Fsp3) is 0.800. The van der Waals surface area contributed by atoms with Crippen molar-refractivity contribution in [1.82, 2.24) is 4.90 Å². The van der Waals surface area contributed by atoms with Crippen LogP contribution in [0.1, 0.15) is 27.2 Å². The lowest BCUT2D eigenvalue weighted by Crippen LogP contribution is -2.48. The van der Waals surface area contributed by atoms with E-state index in [1.54, 1.807) is 6.92 Å². The highest BCUT2D eigenvalue weighted by molar-refractivity contribution is 5.82. The van der Waals surface area contributed by atoms with Crippen LogP contribution in [-0.2, 0) is 9.59 Å². The first kappa shape index (κ1) is 15.7. The van der Waals surface area contributed by atoms with Gasteiger partial charge in [0.25, 0.3) is 0 Å². The SMILES string of the molecule is CCC(C)N(CC(C)C(=O)O)C(=O)C(F)(F)F. The number of hydrogen-bond acceptors (Lipinski definition) is 2. The summed E-state index contributed by atoms with van der Waals surface area (Å²) in [6, 6.07) is -0.647. The van der Waals surface area contributed by atoms with Crippen molar-refractivity contribution in [3.63, 3.8) is 0 Å². The van der Waals surface area contributed by atoms with Gasteiger partial charge in [-0.1, -0.05) is 13.8 Å². The number of nitrogens with zero attached hydrogens (tertiary/aromatic N) is 1. The van der Waals surface area contributed by atoms with Crippen LogP contribution >= 0.6 is 0 Å². The van der Waals surface area contributed by atoms with Gasteiger partial charge >= 0.3 is 18.1 Å². The number of carboxylic acid groups (broad SMARTS) is 1. The molecule has 0 rings (SSSR count). The smallest absolute Gasteiger partial charge is 0.471 e. The quantitative estimate of drug-likeness (QED) is 0.816. The van der Waals surface area contributed by atoms with E-state index in [0.717, 1.165) is 0 Å². The predicted molar refractivity (Wildman–Crippen MR) is 54.3 cm³/mol. The molecule has 0 fully saturated rings. The molecular formula is C10H16F3NO3. The second kappa shape index (κ2) is 5.88. The lowest BCUT2D eigenvalue weighted by atomic mass is 10.1. The molecule has 0 aliphatic carbocycles. The summed E-state index contributed by atoms with van der Waals surface area (Å²) in [5, 5.41) is 8.65. The second-order valence-corrected chi connectivity index (χ2v) is 3.95. The Hall–Kier alpha value is -1.27. The molecular weight excluding hydrogens is 239 g/mol. The van der Waals surface area contributed by atoms with Crippen LogP contribution < -0.4 is 0 Å². The first-order valence-corrected chi connectivity index (χ1v) is 5.21. The minimum absolute atomic E-state index is 0.328. The Labute approximate surface area is 97.4 Å². The third-order valence-electron chi connectivity index (χ3n) is 2.52. The number of hydrogen-bond donors (Lipinski definition) is 1. The molecule has 1 amide bonds. The predicted octanol–water partition coefficient (Wildman–Crippen LogP) is 1.90. The van der Waals surface area contributed by atoms with Gasteiger partial charge in [0, 0.05) is 12.6 Å². The summed E-state index contributed by atoms with van der Waals surface area (Å²) in [5.41, 5.74) is 0.